The molecule has 0 fully saturated rings. The number of esters is 1. The van der Waals surface area contributed by atoms with Crippen LogP contribution in [0.5, 0.6) is 0 Å². The van der Waals surface area contributed by atoms with Crippen molar-refractivity contribution in [2.45, 2.75) is 13.8 Å². The standard InChI is InChI=1S/C19H20N2O4/c1-12(2)17(22)20-15-5-4-6-16(11-15)21-18(23)13-7-9-14(10-8-13)19(24)25-3/h4-12H,1-3H3,(H,20,22)(H,21,23). The fourth-order valence-electron chi connectivity index (χ4n) is 2.04. The van der Waals surface area contributed by atoms with Gasteiger partial charge in [-0.3, -0.25) is 9.59 Å². The van der Waals surface area contributed by atoms with Crippen molar-refractivity contribution in [3.8, 4) is 0 Å². The number of carbonyl (C=O) groups is 3. The summed E-state index contributed by atoms with van der Waals surface area (Å²) in [5.74, 6) is -1.00. The molecule has 0 radical (unpaired) electrons. The van der Waals surface area contributed by atoms with Gasteiger partial charge in [-0.1, -0.05) is 19.9 Å². The Balaban J connectivity index is 2.07. The monoisotopic (exact) mass is 340 g/mol. The third-order valence-corrected chi connectivity index (χ3v) is 3.48. The number of benzene rings is 2. The molecule has 0 aliphatic heterocycles. The van der Waals surface area contributed by atoms with E-state index in [2.05, 4.69) is 15.4 Å². The molecule has 25 heavy (non-hydrogen) atoms. The molecule has 130 valence electrons. The zero-order chi connectivity index (χ0) is 18.4. The van der Waals surface area contributed by atoms with Crippen molar-refractivity contribution < 1.29 is 19.1 Å². The predicted molar refractivity (Wildman–Crippen MR) is 95.6 cm³/mol. The molecule has 0 saturated heterocycles. The summed E-state index contributed by atoms with van der Waals surface area (Å²) in [5.41, 5.74) is 1.95. The molecular weight excluding hydrogens is 320 g/mol. The highest BCUT2D eigenvalue weighted by Gasteiger charge is 2.11. The zero-order valence-electron chi connectivity index (χ0n) is 14.3. The molecule has 0 aromatic heterocycles. The van der Waals surface area contributed by atoms with Crippen molar-refractivity contribution in [3.63, 3.8) is 0 Å². The first-order valence-electron chi connectivity index (χ1n) is 7.81. The van der Waals surface area contributed by atoms with E-state index in [9.17, 15) is 14.4 Å². The number of rotatable bonds is 5. The molecule has 0 aliphatic rings. The summed E-state index contributed by atoms with van der Waals surface area (Å²) in [4.78, 5) is 35.4. The third-order valence-electron chi connectivity index (χ3n) is 3.48. The molecule has 0 bridgehead atoms. The van der Waals surface area contributed by atoms with Gasteiger partial charge in [0.1, 0.15) is 0 Å². The molecule has 2 N–H and O–H groups in total. The largest absolute Gasteiger partial charge is 0.465 e. The van der Waals surface area contributed by atoms with Crippen LogP contribution in [0.15, 0.2) is 48.5 Å². The van der Waals surface area contributed by atoms with Crippen LogP contribution in [0.2, 0.25) is 0 Å². The Morgan fingerprint density at radius 2 is 1.44 bits per heavy atom. The summed E-state index contributed by atoms with van der Waals surface area (Å²) in [6.07, 6.45) is 0. The quantitative estimate of drug-likeness (QED) is 0.818. The summed E-state index contributed by atoms with van der Waals surface area (Å²) in [7, 11) is 1.30. The first-order valence-corrected chi connectivity index (χ1v) is 7.81. The summed E-state index contributed by atoms with van der Waals surface area (Å²) >= 11 is 0. The Morgan fingerprint density at radius 3 is 2.00 bits per heavy atom. The van der Waals surface area contributed by atoms with E-state index in [1.165, 1.54) is 19.2 Å². The van der Waals surface area contributed by atoms with E-state index in [1.807, 2.05) is 0 Å². The molecule has 2 aromatic rings. The number of amides is 2. The van der Waals surface area contributed by atoms with Gasteiger partial charge in [0.2, 0.25) is 5.91 Å². The van der Waals surface area contributed by atoms with E-state index in [0.29, 0.717) is 22.5 Å². The number of hydrogen-bond donors (Lipinski definition) is 2. The molecule has 2 aromatic carbocycles. The van der Waals surface area contributed by atoms with E-state index in [0.717, 1.165) is 0 Å². The van der Waals surface area contributed by atoms with Gasteiger partial charge in [-0.05, 0) is 42.5 Å². The Bertz CT molecular complexity index is 782. The lowest BCUT2D eigenvalue weighted by Crippen LogP contribution is -2.18. The van der Waals surface area contributed by atoms with Crippen molar-refractivity contribution >= 4 is 29.2 Å². The normalized spacial score (nSPS) is 10.2. The number of nitrogens with one attached hydrogen (secondary N) is 2. The molecule has 0 saturated carbocycles. The van der Waals surface area contributed by atoms with Crippen molar-refractivity contribution in [3.05, 3.63) is 59.7 Å². The van der Waals surface area contributed by atoms with Gasteiger partial charge in [-0.15, -0.1) is 0 Å². The minimum Gasteiger partial charge on any atom is -0.465 e. The Kier molecular flexibility index (Phi) is 5.89. The van der Waals surface area contributed by atoms with E-state index >= 15 is 0 Å². The van der Waals surface area contributed by atoms with Crippen molar-refractivity contribution in [1.82, 2.24) is 0 Å². The van der Waals surface area contributed by atoms with Crippen LogP contribution < -0.4 is 10.6 Å². The molecule has 2 amide bonds. The Labute approximate surface area is 146 Å². The number of anilines is 2. The fourth-order valence-corrected chi connectivity index (χ4v) is 2.04. The minimum atomic E-state index is -0.458. The topological polar surface area (TPSA) is 84.5 Å². The molecule has 6 heteroatoms. The van der Waals surface area contributed by atoms with Gasteiger partial charge >= 0.3 is 5.97 Å². The highest BCUT2D eigenvalue weighted by atomic mass is 16.5. The molecule has 0 heterocycles. The number of hydrogen-bond acceptors (Lipinski definition) is 4. The van der Waals surface area contributed by atoms with Crippen LogP contribution >= 0.6 is 0 Å². The highest BCUT2D eigenvalue weighted by molar-refractivity contribution is 6.05. The van der Waals surface area contributed by atoms with E-state index in [1.54, 1.807) is 50.2 Å². The maximum atomic E-state index is 12.3. The number of ether oxygens (including phenoxy) is 1. The molecule has 0 aliphatic carbocycles. The first-order chi connectivity index (χ1) is 11.9. The van der Waals surface area contributed by atoms with Gasteiger partial charge in [0.15, 0.2) is 0 Å². The van der Waals surface area contributed by atoms with Crippen LogP contribution in [0.4, 0.5) is 11.4 Å². The van der Waals surface area contributed by atoms with Gasteiger partial charge in [-0.2, -0.15) is 0 Å². The van der Waals surface area contributed by atoms with Crippen LogP contribution in [0.1, 0.15) is 34.6 Å². The zero-order valence-corrected chi connectivity index (χ0v) is 14.3. The predicted octanol–water partition coefficient (Wildman–Crippen LogP) is 3.32. The molecule has 2 rings (SSSR count). The van der Waals surface area contributed by atoms with Crippen LogP contribution in [0, 0.1) is 5.92 Å². The first kappa shape index (κ1) is 18.2. The maximum Gasteiger partial charge on any atom is 0.337 e. The second kappa shape index (κ2) is 8.10. The van der Waals surface area contributed by atoms with Crippen LogP contribution in [-0.2, 0) is 9.53 Å². The van der Waals surface area contributed by atoms with Gasteiger partial charge in [0.25, 0.3) is 5.91 Å². The van der Waals surface area contributed by atoms with Gasteiger partial charge in [0, 0.05) is 22.9 Å². The highest BCUT2D eigenvalue weighted by Crippen LogP contribution is 2.17. The smallest absolute Gasteiger partial charge is 0.337 e. The van der Waals surface area contributed by atoms with E-state index in [-0.39, 0.29) is 17.7 Å². The van der Waals surface area contributed by atoms with E-state index < -0.39 is 5.97 Å². The van der Waals surface area contributed by atoms with Crippen molar-refractivity contribution in [2.75, 3.05) is 17.7 Å². The van der Waals surface area contributed by atoms with Gasteiger partial charge in [0.05, 0.1) is 12.7 Å². The minimum absolute atomic E-state index is 0.0955. The summed E-state index contributed by atoms with van der Waals surface area (Å²) < 4.78 is 4.62. The fraction of sp³-hybridized carbons (Fsp3) is 0.211. The second-order valence-corrected chi connectivity index (χ2v) is 5.75. The SMILES string of the molecule is COC(=O)c1ccc(C(=O)Nc2cccc(NC(=O)C(C)C)c2)cc1. The van der Waals surface area contributed by atoms with Crippen LogP contribution in [-0.4, -0.2) is 24.9 Å². The average molecular weight is 340 g/mol. The molecule has 0 spiro atoms. The summed E-state index contributed by atoms with van der Waals surface area (Å²) in [6, 6.07) is 13.1. The lowest BCUT2D eigenvalue weighted by molar-refractivity contribution is -0.118. The molecular formula is C19H20N2O4. The Morgan fingerprint density at radius 1 is 0.880 bits per heavy atom. The summed E-state index contributed by atoms with van der Waals surface area (Å²) in [6.45, 7) is 3.61. The van der Waals surface area contributed by atoms with Crippen LogP contribution in [0.25, 0.3) is 0 Å². The summed E-state index contributed by atoms with van der Waals surface area (Å²) in [5, 5.41) is 5.54. The van der Waals surface area contributed by atoms with Gasteiger partial charge < -0.3 is 15.4 Å². The molecule has 0 atom stereocenters. The van der Waals surface area contributed by atoms with Crippen LogP contribution in [0.3, 0.4) is 0 Å². The number of methoxy groups -OCH3 is 1. The lowest BCUT2D eigenvalue weighted by Gasteiger charge is -2.10. The van der Waals surface area contributed by atoms with Crippen molar-refractivity contribution in [2.24, 2.45) is 5.92 Å². The molecule has 0 unspecified atom stereocenters. The third kappa shape index (κ3) is 4.91. The second-order valence-electron chi connectivity index (χ2n) is 5.75. The van der Waals surface area contributed by atoms with Gasteiger partial charge in [-0.25, -0.2) is 4.79 Å². The Hall–Kier alpha value is -3.15. The maximum absolute atomic E-state index is 12.3. The van der Waals surface area contributed by atoms with Crippen molar-refractivity contribution in [1.29, 1.82) is 0 Å². The van der Waals surface area contributed by atoms with E-state index in [4.69, 9.17) is 0 Å². The number of carbonyl (C=O) groups excluding carboxylic acids is 3. The molecule has 6 nitrogen and oxygen atoms in total. The average Bonchev–Trinajstić information content (AvgIpc) is 2.61. The lowest BCUT2D eigenvalue weighted by atomic mass is 10.1.